The summed E-state index contributed by atoms with van der Waals surface area (Å²) in [6.07, 6.45) is 4.44. The highest BCUT2D eigenvalue weighted by Gasteiger charge is 2.22. The molecule has 0 heterocycles. The van der Waals surface area contributed by atoms with E-state index in [0.717, 1.165) is 43.2 Å². The Morgan fingerprint density at radius 2 is 2.11 bits per heavy atom. The molecule has 0 saturated heterocycles. The number of halogens is 1. The van der Waals surface area contributed by atoms with Gasteiger partial charge in [-0.1, -0.05) is 0 Å². The van der Waals surface area contributed by atoms with Crippen molar-refractivity contribution in [3.63, 3.8) is 0 Å². The zero-order valence-corrected chi connectivity index (χ0v) is 11.3. The van der Waals surface area contributed by atoms with E-state index in [1.54, 1.807) is 12.1 Å². The van der Waals surface area contributed by atoms with Crippen LogP contribution in [0.15, 0.2) is 18.2 Å². The Bertz CT molecular complexity index is 388. The van der Waals surface area contributed by atoms with Gasteiger partial charge in [0, 0.05) is 0 Å². The number of ether oxygens (including phenoxy) is 1. The van der Waals surface area contributed by atoms with Gasteiger partial charge in [0.1, 0.15) is 11.6 Å². The summed E-state index contributed by atoms with van der Waals surface area (Å²) in [7, 11) is 4.10. The Morgan fingerprint density at radius 3 is 2.78 bits per heavy atom. The molecule has 1 aliphatic rings. The van der Waals surface area contributed by atoms with E-state index in [2.05, 4.69) is 19.0 Å². The predicted molar refractivity (Wildman–Crippen MR) is 71.5 cm³/mol. The van der Waals surface area contributed by atoms with Gasteiger partial charge in [-0.05, 0) is 76.0 Å². The minimum atomic E-state index is -0.173. The van der Waals surface area contributed by atoms with Crippen molar-refractivity contribution in [3.05, 3.63) is 29.6 Å². The second-order valence-corrected chi connectivity index (χ2v) is 5.41. The van der Waals surface area contributed by atoms with E-state index in [1.165, 1.54) is 18.9 Å². The third kappa shape index (κ3) is 4.30. The molecule has 3 heteroatoms. The molecule has 100 valence electrons. The van der Waals surface area contributed by atoms with Gasteiger partial charge in [-0.3, -0.25) is 0 Å². The first kappa shape index (κ1) is 13.3. The average Bonchev–Trinajstić information content (AvgIpc) is 3.11. The van der Waals surface area contributed by atoms with Gasteiger partial charge >= 0.3 is 0 Å². The van der Waals surface area contributed by atoms with Crippen molar-refractivity contribution in [2.45, 2.75) is 25.7 Å². The minimum absolute atomic E-state index is 0.173. The summed E-state index contributed by atoms with van der Waals surface area (Å²) in [4.78, 5) is 2.14. The summed E-state index contributed by atoms with van der Waals surface area (Å²) in [5.74, 6) is 1.42. The molecule has 0 atom stereocenters. The lowest BCUT2D eigenvalue weighted by molar-refractivity contribution is 0.295. The maximum Gasteiger partial charge on any atom is 0.123 e. The van der Waals surface area contributed by atoms with Crippen molar-refractivity contribution < 1.29 is 9.13 Å². The molecule has 18 heavy (non-hydrogen) atoms. The Kier molecular flexibility index (Phi) is 4.59. The molecule has 0 spiro atoms. The van der Waals surface area contributed by atoms with Gasteiger partial charge in [-0.2, -0.15) is 0 Å². The molecule has 0 aromatic heterocycles. The van der Waals surface area contributed by atoms with Crippen LogP contribution in [0.3, 0.4) is 0 Å². The Morgan fingerprint density at radius 1 is 1.33 bits per heavy atom. The lowest BCUT2D eigenvalue weighted by Crippen LogP contribution is -2.13. The highest BCUT2D eigenvalue weighted by Crippen LogP contribution is 2.30. The monoisotopic (exact) mass is 251 g/mol. The highest BCUT2D eigenvalue weighted by atomic mass is 19.1. The molecule has 0 N–H and O–H groups in total. The maximum absolute atomic E-state index is 13.3. The van der Waals surface area contributed by atoms with E-state index in [1.807, 2.05) is 0 Å². The van der Waals surface area contributed by atoms with Crippen LogP contribution in [0.4, 0.5) is 4.39 Å². The van der Waals surface area contributed by atoms with Gasteiger partial charge in [0.2, 0.25) is 0 Å². The third-order valence-electron chi connectivity index (χ3n) is 3.25. The molecule has 0 radical (unpaired) electrons. The fourth-order valence-corrected chi connectivity index (χ4v) is 1.96. The number of hydrogen-bond acceptors (Lipinski definition) is 2. The molecule has 2 rings (SSSR count). The van der Waals surface area contributed by atoms with Gasteiger partial charge in [0.05, 0.1) is 6.61 Å². The summed E-state index contributed by atoms with van der Waals surface area (Å²) < 4.78 is 19.1. The predicted octanol–water partition coefficient (Wildman–Crippen LogP) is 3.11. The van der Waals surface area contributed by atoms with Crippen molar-refractivity contribution in [2.75, 3.05) is 27.2 Å². The summed E-state index contributed by atoms with van der Waals surface area (Å²) in [5.41, 5.74) is 0.998. The summed E-state index contributed by atoms with van der Waals surface area (Å²) in [6.45, 7) is 1.80. The van der Waals surface area contributed by atoms with Crippen molar-refractivity contribution in [3.8, 4) is 5.75 Å². The Hall–Kier alpha value is -1.09. The van der Waals surface area contributed by atoms with Crippen LogP contribution in [0.2, 0.25) is 0 Å². The van der Waals surface area contributed by atoms with E-state index in [4.69, 9.17) is 4.74 Å². The van der Waals surface area contributed by atoms with Crippen LogP contribution >= 0.6 is 0 Å². The second-order valence-electron chi connectivity index (χ2n) is 5.41. The molecule has 1 fully saturated rings. The zero-order valence-electron chi connectivity index (χ0n) is 11.3. The van der Waals surface area contributed by atoms with E-state index >= 15 is 0 Å². The van der Waals surface area contributed by atoms with E-state index in [9.17, 15) is 4.39 Å². The van der Waals surface area contributed by atoms with E-state index < -0.39 is 0 Å². The summed E-state index contributed by atoms with van der Waals surface area (Å²) in [6, 6.07) is 4.86. The number of nitrogens with zero attached hydrogens (tertiary/aromatic N) is 1. The lowest BCUT2D eigenvalue weighted by atomic mass is 10.1. The molecule has 1 aliphatic carbocycles. The van der Waals surface area contributed by atoms with Crippen molar-refractivity contribution in [1.29, 1.82) is 0 Å². The average molecular weight is 251 g/mol. The first-order valence-corrected chi connectivity index (χ1v) is 6.71. The third-order valence-corrected chi connectivity index (χ3v) is 3.25. The second kappa shape index (κ2) is 6.19. The van der Waals surface area contributed by atoms with Gasteiger partial charge in [0.25, 0.3) is 0 Å². The smallest absolute Gasteiger partial charge is 0.123 e. The molecule has 2 nitrogen and oxygen atoms in total. The molecule has 1 aromatic rings. The number of rotatable bonds is 7. The van der Waals surface area contributed by atoms with Crippen molar-refractivity contribution in [2.24, 2.45) is 5.92 Å². The lowest BCUT2D eigenvalue weighted by Gasteiger charge is -2.13. The van der Waals surface area contributed by atoms with E-state index in [-0.39, 0.29) is 5.82 Å². The highest BCUT2D eigenvalue weighted by molar-refractivity contribution is 5.34. The van der Waals surface area contributed by atoms with Gasteiger partial charge in [0.15, 0.2) is 0 Å². The molecule has 0 aliphatic heterocycles. The van der Waals surface area contributed by atoms with Crippen molar-refractivity contribution in [1.82, 2.24) is 4.90 Å². The Labute approximate surface area is 109 Å². The first-order valence-electron chi connectivity index (χ1n) is 6.71. The fraction of sp³-hybridized carbons (Fsp3) is 0.600. The standard InChI is InChI=1S/C15H22FNO/c1-17(2)9-3-4-13-10-14(16)7-8-15(13)18-11-12-5-6-12/h7-8,10,12H,3-6,9,11H2,1-2H3. The topological polar surface area (TPSA) is 12.5 Å². The molecule has 1 saturated carbocycles. The van der Waals surface area contributed by atoms with Crippen LogP contribution in [0.5, 0.6) is 5.75 Å². The summed E-state index contributed by atoms with van der Waals surface area (Å²) >= 11 is 0. The van der Waals surface area contributed by atoms with Gasteiger partial charge < -0.3 is 9.64 Å². The van der Waals surface area contributed by atoms with Crippen LogP contribution in [-0.2, 0) is 6.42 Å². The molecule has 0 unspecified atom stereocenters. The first-order chi connectivity index (χ1) is 8.65. The van der Waals surface area contributed by atoms with Crippen LogP contribution in [0.25, 0.3) is 0 Å². The van der Waals surface area contributed by atoms with Crippen LogP contribution in [-0.4, -0.2) is 32.1 Å². The van der Waals surface area contributed by atoms with E-state index in [0.29, 0.717) is 0 Å². The van der Waals surface area contributed by atoms with Crippen LogP contribution in [0.1, 0.15) is 24.8 Å². The van der Waals surface area contributed by atoms with Gasteiger partial charge in [-0.25, -0.2) is 4.39 Å². The van der Waals surface area contributed by atoms with Crippen LogP contribution < -0.4 is 4.74 Å². The normalized spacial score (nSPS) is 15.1. The molecule has 1 aromatic carbocycles. The number of benzene rings is 1. The summed E-state index contributed by atoms with van der Waals surface area (Å²) in [5, 5.41) is 0. The molecular formula is C15H22FNO. The largest absolute Gasteiger partial charge is 0.493 e. The maximum atomic E-state index is 13.3. The number of hydrogen-bond donors (Lipinski definition) is 0. The minimum Gasteiger partial charge on any atom is -0.493 e. The zero-order chi connectivity index (χ0) is 13.0. The molecule has 0 bridgehead atoms. The quantitative estimate of drug-likeness (QED) is 0.738. The number of aryl methyl sites for hydroxylation is 1. The molecular weight excluding hydrogens is 229 g/mol. The SMILES string of the molecule is CN(C)CCCc1cc(F)ccc1OCC1CC1. The van der Waals surface area contributed by atoms with Gasteiger partial charge in [-0.15, -0.1) is 0 Å². The fourth-order valence-electron chi connectivity index (χ4n) is 1.96. The van der Waals surface area contributed by atoms with Crippen LogP contribution in [0, 0.1) is 11.7 Å². The molecule has 0 amide bonds. The van der Waals surface area contributed by atoms with Crippen molar-refractivity contribution >= 4 is 0 Å². The Balaban J connectivity index is 1.93.